The van der Waals surface area contributed by atoms with Crippen molar-refractivity contribution in [2.45, 2.75) is 53.6 Å². The highest BCUT2D eigenvalue weighted by molar-refractivity contribution is 7.19. The van der Waals surface area contributed by atoms with E-state index in [4.69, 9.17) is 11.6 Å². The third-order valence-electron chi connectivity index (χ3n) is 6.90. The fourth-order valence-corrected chi connectivity index (χ4v) is 6.14. The Morgan fingerprint density at radius 1 is 1.08 bits per heavy atom. The number of fused-ring (bicyclic) bond motifs is 2. The summed E-state index contributed by atoms with van der Waals surface area (Å²) in [6, 6.07) is 8.62. The highest BCUT2D eigenvalue weighted by Crippen LogP contribution is 2.48. The van der Waals surface area contributed by atoms with Gasteiger partial charge in [-0.1, -0.05) is 25.4 Å². The maximum atomic E-state index is 12.3. The summed E-state index contributed by atoms with van der Waals surface area (Å²) < 4.78 is 1.06. The normalized spacial score (nSPS) is 22.5. The van der Waals surface area contributed by atoms with Crippen LogP contribution in [0.5, 0.6) is 0 Å². The van der Waals surface area contributed by atoms with Gasteiger partial charge in [-0.2, -0.15) is 0 Å². The van der Waals surface area contributed by atoms with Crippen LogP contribution in [-0.2, 0) is 16.1 Å². The summed E-state index contributed by atoms with van der Waals surface area (Å²) in [7, 11) is 0. The number of likely N-dealkylation sites (tertiary alicyclic amines) is 1. The van der Waals surface area contributed by atoms with E-state index >= 15 is 0 Å². The molecule has 2 aliphatic heterocycles. The Morgan fingerprint density at radius 2 is 1.81 bits per heavy atom. The number of halogens is 1. The molecule has 0 bridgehead atoms. The second-order valence-electron chi connectivity index (χ2n) is 9.45. The number of amides is 2. The van der Waals surface area contributed by atoms with Gasteiger partial charge in [-0.3, -0.25) is 19.5 Å². The number of carbonyl (C=O) groups excluding carboxylic acids is 2. The lowest BCUT2D eigenvalue weighted by molar-refractivity contribution is -0.141. The van der Waals surface area contributed by atoms with Crippen molar-refractivity contribution in [3.8, 4) is 11.1 Å². The average Bonchev–Trinajstić information content (AvgIpc) is 3.51. The van der Waals surface area contributed by atoms with E-state index < -0.39 is 0 Å². The first-order valence-corrected chi connectivity index (χ1v) is 14.0. The summed E-state index contributed by atoms with van der Waals surface area (Å²) in [6.07, 6.45) is 2.53. The Morgan fingerprint density at radius 3 is 2.42 bits per heavy atom. The maximum absolute atomic E-state index is 12.3. The number of benzene rings is 1. The van der Waals surface area contributed by atoms with Gasteiger partial charge in [-0.05, 0) is 68.1 Å². The third kappa shape index (κ3) is 5.49. The summed E-state index contributed by atoms with van der Waals surface area (Å²) in [6.45, 7) is 14.1. The largest absolute Gasteiger partial charge is 0.314 e. The third-order valence-corrected chi connectivity index (χ3v) is 8.26. The lowest BCUT2D eigenvalue weighted by Gasteiger charge is -2.19. The van der Waals surface area contributed by atoms with Gasteiger partial charge >= 0.3 is 0 Å². The van der Waals surface area contributed by atoms with E-state index in [1.54, 1.807) is 17.5 Å². The van der Waals surface area contributed by atoms with Gasteiger partial charge in [0, 0.05) is 47.3 Å². The molecule has 3 aliphatic rings. The minimum Gasteiger partial charge on any atom is -0.314 e. The van der Waals surface area contributed by atoms with Crippen LogP contribution in [0.2, 0.25) is 5.02 Å². The number of nitrogens with zero attached hydrogens (tertiary/aromatic N) is 2. The molecule has 6 rings (SSSR count). The Balaban J connectivity index is 0.000000290. The average molecular weight is 527 g/mol. The molecule has 2 aromatic heterocycles. The molecule has 0 spiro atoms. The number of thiophene rings is 1. The number of nitrogens with one attached hydrogen (secondary N) is 2. The predicted molar refractivity (Wildman–Crippen MR) is 148 cm³/mol. The van der Waals surface area contributed by atoms with Crippen LogP contribution in [0.3, 0.4) is 0 Å². The molecule has 2 amide bonds. The molecule has 192 valence electrons. The zero-order valence-electron chi connectivity index (χ0n) is 21.7. The molecule has 2 N–H and O–H groups in total. The first-order valence-electron chi connectivity index (χ1n) is 12.8. The lowest BCUT2D eigenvalue weighted by Crippen LogP contribution is -2.46. The van der Waals surface area contributed by atoms with Crippen molar-refractivity contribution in [3.05, 3.63) is 51.5 Å². The Bertz CT molecular complexity index is 1250. The van der Waals surface area contributed by atoms with E-state index in [9.17, 15) is 9.59 Å². The molecule has 1 aliphatic carbocycles. The van der Waals surface area contributed by atoms with Crippen LogP contribution < -0.4 is 10.6 Å². The van der Waals surface area contributed by atoms with Crippen molar-refractivity contribution in [2.24, 2.45) is 11.8 Å². The number of aryl methyl sites for hydroxylation is 1. The topological polar surface area (TPSA) is 74.3 Å². The summed E-state index contributed by atoms with van der Waals surface area (Å²) >= 11 is 7.89. The Kier molecular flexibility index (Phi) is 8.45. The minimum atomic E-state index is -0.0577. The van der Waals surface area contributed by atoms with Gasteiger partial charge in [0.15, 0.2) is 0 Å². The summed E-state index contributed by atoms with van der Waals surface area (Å²) in [5.41, 5.74) is 5.39. The van der Waals surface area contributed by atoms with Crippen molar-refractivity contribution in [1.29, 1.82) is 0 Å². The Labute approximate surface area is 222 Å². The van der Waals surface area contributed by atoms with E-state index in [2.05, 4.69) is 36.4 Å². The Hall–Kier alpha value is -2.32. The van der Waals surface area contributed by atoms with Crippen molar-refractivity contribution in [2.75, 3.05) is 19.6 Å². The molecular weight excluding hydrogens is 492 g/mol. The second kappa shape index (κ2) is 11.4. The maximum Gasteiger partial charge on any atom is 0.233 e. The molecule has 6 nitrogen and oxygen atoms in total. The van der Waals surface area contributed by atoms with Gasteiger partial charge in [-0.15, -0.1) is 11.3 Å². The number of rotatable bonds is 3. The van der Waals surface area contributed by atoms with E-state index in [0.717, 1.165) is 57.8 Å². The van der Waals surface area contributed by atoms with Crippen molar-refractivity contribution >= 4 is 45.0 Å². The molecular formula is C28H35ClN4O2S. The van der Waals surface area contributed by atoms with Crippen LogP contribution >= 0.6 is 22.9 Å². The van der Waals surface area contributed by atoms with Gasteiger partial charge in [-0.25, -0.2) is 0 Å². The molecule has 8 heteroatoms. The van der Waals surface area contributed by atoms with Gasteiger partial charge in [0.05, 0.1) is 28.6 Å². The molecule has 4 heterocycles. The van der Waals surface area contributed by atoms with Crippen LogP contribution in [0.25, 0.3) is 21.3 Å². The van der Waals surface area contributed by atoms with Crippen molar-refractivity contribution < 1.29 is 9.59 Å². The second-order valence-corrected chi connectivity index (χ2v) is 11.0. The van der Waals surface area contributed by atoms with E-state index in [-0.39, 0.29) is 23.7 Å². The molecule has 0 radical (unpaired) electrons. The highest BCUT2D eigenvalue weighted by Gasteiger charge is 2.58. The number of pyridine rings is 1. The minimum absolute atomic E-state index is 0.0167. The number of hydrogen-bond donors (Lipinski definition) is 2. The van der Waals surface area contributed by atoms with Gasteiger partial charge < -0.3 is 10.6 Å². The van der Waals surface area contributed by atoms with E-state index in [0.29, 0.717) is 17.6 Å². The van der Waals surface area contributed by atoms with Crippen molar-refractivity contribution in [1.82, 2.24) is 20.5 Å². The fraction of sp³-hybridized carbons (Fsp3) is 0.464. The molecule has 1 saturated carbocycles. The number of imide groups is 1. The number of hydrogen-bond acceptors (Lipinski definition) is 6. The standard InChI is InChI=1S/C21H17ClN2O2S.C5H12N2.C2H6/c1-10-5-12(22)6-15(11(10)2)14-3-4-23-18-7-13(27-19(14)18)9-24-20(25)16-8-17(16)21(24)26;1-5-4-6-2-3-7-5;1-2/h3-7,16-17H,8-9H2,1-2H3;5-7H,2-4H2,1H3;1-2H3. The van der Waals surface area contributed by atoms with Crippen LogP contribution in [0.1, 0.15) is 43.2 Å². The SMILES string of the molecule is CC.CC1CNCCN1.Cc1cc(Cl)cc(-c2ccnc3cc(CN4C(=O)C5CC5C4=O)sc23)c1C. The van der Waals surface area contributed by atoms with Crippen LogP contribution in [0, 0.1) is 25.7 Å². The molecule has 3 fully saturated rings. The number of piperidine rings is 1. The zero-order chi connectivity index (χ0) is 26.0. The molecule has 2 saturated heterocycles. The number of piperazine rings is 1. The monoisotopic (exact) mass is 526 g/mol. The van der Waals surface area contributed by atoms with E-state index in [1.807, 2.05) is 38.1 Å². The number of carbonyl (C=O) groups is 2. The van der Waals surface area contributed by atoms with Crippen LogP contribution in [0.4, 0.5) is 0 Å². The fourth-order valence-electron chi connectivity index (χ4n) is 4.73. The van der Waals surface area contributed by atoms with Crippen molar-refractivity contribution in [3.63, 3.8) is 0 Å². The zero-order valence-corrected chi connectivity index (χ0v) is 23.2. The van der Waals surface area contributed by atoms with Gasteiger partial charge in [0.2, 0.25) is 11.8 Å². The summed E-state index contributed by atoms with van der Waals surface area (Å²) in [4.78, 5) is 31.4. The van der Waals surface area contributed by atoms with Crippen LogP contribution in [0.15, 0.2) is 30.5 Å². The lowest BCUT2D eigenvalue weighted by atomic mass is 9.97. The number of aromatic nitrogens is 1. The molecule has 3 unspecified atom stereocenters. The summed E-state index contributed by atoms with van der Waals surface area (Å²) in [5, 5.41) is 7.30. The first-order chi connectivity index (χ1) is 17.3. The molecule has 36 heavy (non-hydrogen) atoms. The highest BCUT2D eigenvalue weighted by atomic mass is 35.5. The molecule has 3 atom stereocenters. The summed E-state index contributed by atoms with van der Waals surface area (Å²) in [5.74, 6) is -0.149. The predicted octanol–water partition coefficient (Wildman–Crippen LogP) is 5.33. The smallest absolute Gasteiger partial charge is 0.233 e. The first kappa shape index (κ1) is 26.7. The van der Waals surface area contributed by atoms with Gasteiger partial charge in [0.25, 0.3) is 0 Å². The quantitative estimate of drug-likeness (QED) is 0.451. The molecule has 1 aromatic carbocycles. The molecule has 3 aromatic rings. The van der Waals surface area contributed by atoms with E-state index in [1.165, 1.54) is 10.5 Å². The van der Waals surface area contributed by atoms with Crippen LogP contribution in [-0.4, -0.2) is 47.4 Å². The van der Waals surface area contributed by atoms with Gasteiger partial charge in [0.1, 0.15) is 0 Å².